The number of urea groups is 1. The van der Waals surface area contributed by atoms with Gasteiger partial charge >= 0.3 is 6.03 Å². The number of benzene rings is 3. The number of furan rings is 1. The van der Waals surface area contributed by atoms with Crippen LogP contribution in [0.3, 0.4) is 0 Å². The van der Waals surface area contributed by atoms with E-state index >= 15 is 0 Å². The summed E-state index contributed by atoms with van der Waals surface area (Å²) in [5.74, 6) is 0.614. The van der Waals surface area contributed by atoms with Crippen LogP contribution in [-0.2, 0) is 21.2 Å². The molecule has 3 amide bonds. The summed E-state index contributed by atoms with van der Waals surface area (Å²) in [6.07, 6.45) is 2.97. The van der Waals surface area contributed by atoms with Crippen molar-refractivity contribution >= 4 is 27.6 Å². The molecule has 0 radical (unpaired) electrons. The van der Waals surface area contributed by atoms with Gasteiger partial charge in [-0.05, 0) is 29.8 Å². The second-order valence-corrected chi connectivity index (χ2v) is 10.4. The maximum Gasteiger partial charge on any atom is 0.329 e. The Bertz CT molecular complexity index is 1590. The molecule has 0 aliphatic carbocycles. The number of hydrogen-bond donors (Lipinski definition) is 2. The smallest absolute Gasteiger partial charge is 0.329 e. The molecule has 3 aromatic carbocycles. The van der Waals surface area contributed by atoms with Gasteiger partial charge in [-0.3, -0.25) is 4.79 Å². The lowest BCUT2D eigenvalue weighted by molar-refractivity contribution is -0.120. The summed E-state index contributed by atoms with van der Waals surface area (Å²) >= 11 is 0. The Morgan fingerprint density at radius 1 is 0.949 bits per heavy atom. The Kier molecular flexibility index (Phi) is 7.24. The quantitative estimate of drug-likeness (QED) is 0.342. The third kappa shape index (κ3) is 5.73. The largest absolute Gasteiger partial charge is 0.472 e. The first kappa shape index (κ1) is 25.9. The molecule has 0 saturated heterocycles. The zero-order valence-corrected chi connectivity index (χ0v) is 21.7. The van der Waals surface area contributed by atoms with Crippen LogP contribution in [0.2, 0.25) is 0 Å². The van der Waals surface area contributed by atoms with Crippen LogP contribution in [0.25, 0.3) is 11.1 Å². The summed E-state index contributed by atoms with van der Waals surface area (Å²) in [5.41, 5.74) is 2.21. The zero-order chi connectivity index (χ0) is 27.4. The van der Waals surface area contributed by atoms with E-state index in [0.717, 1.165) is 5.56 Å². The standard InChI is InChI=1S/C28H25N3O7S/c1-31(21-11-12-24-25(16-21)38-18-37-24)27(32)23(15-19-7-3-2-4-8-19)29-28(33)30-39(34,35)26-10-6-5-9-22(26)20-13-14-36-17-20/h2-14,16-17,23H,15,18H2,1H3,(H2,29,30,33)/t23-/m0/s1. The summed E-state index contributed by atoms with van der Waals surface area (Å²) in [5, 5.41) is 2.55. The predicted octanol–water partition coefficient (Wildman–Crippen LogP) is 3.94. The second-order valence-electron chi connectivity index (χ2n) is 8.76. The monoisotopic (exact) mass is 547 g/mol. The van der Waals surface area contributed by atoms with Gasteiger partial charge in [0.05, 0.1) is 17.4 Å². The number of nitrogens with one attached hydrogen (secondary N) is 2. The molecule has 4 aromatic rings. The fourth-order valence-electron chi connectivity index (χ4n) is 4.23. The van der Waals surface area contributed by atoms with Crippen LogP contribution in [0.4, 0.5) is 10.5 Å². The first-order chi connectivity index (χ1) is 18.8. The molecule has 2 heterocycles. The minimum absolute atomic E-state index is 0.0903. The molecule has 39 heavy (non-hydrogen) atoms. The van der Waals surface area contributed by atoms with Crippen molar-refractivity contribution in [3.8, 4) is 22.6 Å². The normalized spacial score (nSPS) is 12.9. The van der Waals surface area contributed by atoms with E-state index in [-0.39, 0.29) is 18.1 Å². The van der Waals surface area contributed by atoms with E-state index in [9.17, 15) is 18.0 Å². The molecule has 0 fully saturated rings. The molecule has 0 spiro atoms. The Morgan fingerprint density at radius 2 is 1.69 bits per heavy atom. The number of amides is 3. The van der Waals surface area contributed by atoms with Crippen molar-refractivity contribution in [2.75, 3.05) is 18.7 Å². The fourth-order valence-corrected chi connectivity index (χ4v) is 5.37. The number of anilines is 1. The predicted molar refractivity (Wildman–Crippen MR) is 143 cm³/mol. The highest BCUT2D eigenvalue weighted by atomic mass is 32.2. The minimum Gasteiger partial charge on any atom is -0.472 e. The van der Waals surface area contributed by atoms with E-state index in [2.05, 4.69) is 5.32 Å². The summed E-state index contributed by atoms with van der Waals surface area (Å²) in [7, 11) is -2.73. The van der Waals surface area contributed by atoms with Gasteiger partial charge < -0.3 is 24.1 Å². The maximum absolute atomic E-state index is 13.6. The topological polar surface area (TPSA) is 127 Å². The maximum atomic E-state index is 13.6. The number of rotatable bonds is 8. The lowest BCUT2D eigenvalue weighted by atomic mass is 10.0. The Hall–Kier alpha value is -4.77. The van der Waals surface area contributed by atoms with E-state index in [1.807, 2.05) is 35.1 Å². The Morgan fingerprint density at radius 3 is 2.46 bits per heavy atom. The van der Waals surface area contributed by atoms with Crippen molar-refractivity contribution in [2.45, 2.75) is 17.4 Å². The summed E-state index contributed by atoms with van der Waals surface area (Å²) in [6.45, 7) is 0.0903. The average Bonchev–Trinajstić information content (AvgIpc) is 3.64. The molecule has 1 aliphatic rings. The number of carbonyl (C=O) groups is 2. The number of likely N-dealkylation sites (N-methyl/N-ethyl adjacent to an activating group) is 1. The fraction of sp³-hybridized carbons (Fsp3) is 0.143. The van der Waals surface area contributed by atoms with Gasteiger partial charge in [-0.2, -0.15) is 0 Å². The SMILES string of the molecule is CN(C(=O)[C@H](Cc1ccccc1)NC(=O)NS(=O)(=O)c1ccccc1-c1ccoc1)c1ccc2c(c1)OCO2. The molecule has 11 heteroatoms. The molecule has 200 valence electrons. The summed E-state index contributed by atoms with van der Waals surface area (Å²) in [6, 6.07) is 19.9. The van der Waals surface area contributed by atoms with Gasteiger partial charge in [-0.15, -0.1) is 0 Å². The highest BCUT2D eigenvalue weighted by Crippen LogP contribution is 2.35. The van der Waals surface area contributed by atoms with Gasteiger partial charge in [0.2, 0.25) is 12.7 Å². The van der Waals surface area contributed by atoms with Gasteiger partial charge in [-0.1, -0.05) is 48.5 Å². The number of ether oxygens (including phenoxy) is 2. The third-order valence-electron chi connectivity index (χ3n) is 6.20. The van der Waals surface area contributed by atoms with Gasteiger partial charge in [0.1, 0.15) is 6.04 Å². The highest BCUT2D eigenvalue weighted by molar-refractivity contribution is 7.90. The van der Waals surface area contributed by atoms with Crippen LogP contribution >= 0.6 is 0 Å². The van der Waals surface area contributed by atoms with Crippen LogP contribution in [-0.4, -0.2) is 40.2 Å². The van der Waals surface area contributed by atoms with Crippen molar-refractivity contribution < 1.29 is 31.9 Å². The summed E-state index contributed by atoms with van der Waals surface area (Å²) in [4.78, 5) is 27.9. The molecule has 10 nitrogen and oxygen atoms in total. The van der Waals surface area contributed by atoms with Crippen molar-refractivity contribution in [1.82, 2.24) is 10.0 Å². The molecular weight excluding hydrogens is 522 g/mol. The van der Waals surface area contributed by atoms with Crippen molar-refractivity contribution in [2.24, 2.45) is 0 Å². The molecule has 1 aliphatic heterocycles. The number of sulfonamides is 1. The van der Waals surface area contributed by atoms with E-state index in [4.69, 9.17) is 13.9 Å². The van der Waals surface area contributed by atoms with Gasteiger partial charge in [0, 0.05) is 36.3 Å². The van der Waals surface area contributed by atoms with E-state index in [1.165, 1.54) is 23.5 Å². The highest BCUT2D eigenvalue weighted by Gasteiger charge is 2.29. The molecule has 0 unspecified atom stereocenters. The lowest BCUT2D eigenvalue weighted by Gasteiger charge is -2.25. The Labute approximate surface area is 225 Å². The minimum atomic E-state index is -4.30. The zero-order valence-electron chi connectivity index (χ0n) is 20.9. The summed E-state index contributed by atoms with van der Waals surface area (Å²) < 4.78 is 44.3. The van der Waals surface area contributed by atoms with Crippen molar-refractivity contribution in [3.63, 3.8) is 0 Å². The second kappa shape index (κ2) is 10.9. The molecule has 1 aromatic heterocycles. The molecular formula is C28H25N3O7S. The number of nitrogens with zero attached hydrogens (tertiary/aromatic N) is 1. The number of fused-ring (bicyclic) bond motifs is 1. The van der Waals surface area contributed by atoms with Crippen molar-refractivity contribution in [3.05, 3.63) is 97.0 Å². The molecule has 5 rings (SSSR count). The van der Waals surface area contributed by atoms with Crippen LogP contribution in [0.15, 0.2) is 101 Å². The van der Waals surface area contributed by atoms with Gasteiger partial charge in [0.15, 0.2) is 11.5 Å². The van der Waals surface area contributed by atoms with Crippen LogP contribution in [0, 0.1) is 0 Å². The molecule has 0 saturated carbocycles. The van der Waals surface area contributed by atoms with Crippen LogP contribution in [0.5, 0.6) is 11.5 Å². The van der Waals surface area contributed by atoms with Crippen molar-refractivity contribution in [1.29, 1.82) is 0 Å². The third-order valence-corrected chi connectivity index (χ3v) is 7.59. The lowest BCUT2D eigenvalue weighted by Crippen LogP contribution is -2.52. The van der Waals surface area contributed by atoms with E-state index in [1.54, 1.807) is 49.5 Å². The van der Waals surface area contributed by atoms with Crippen LogP contribution in [0.1, 0.15) is 5.56 Å². The van der Waals surface area contributed by atoms with E-state index < -0.39 is 28.0 Å². The first-order valence-corrected chi connectivity index (χ1v) is 13.5. The molecule has 2 N–H and O–H groups in total. The van der Waals surface area contributed by atoms with Gasteiger partial charge in [-0.25, -0.2) is 17.9 Å². The first-order valence-electron chi connectivity index (χ1n) is 12.0. The van der Waals surface area contributed by atoms with Gasteiger partial charge in [0.25, 0.3) is 10.0 Å². The molecule has 1 atom stereocenters. The van der Waals surface area contributed by atoms with Crippen LogP contribution < -0.4 is 24.4 Å². The average molecular weight is 548 g/mol. The molecule has 0 bridgehead atoms. The number of hydrogen-bond acceptors (Lipinski definition) is 7. The van der Waals surface area contributed by atoms with E-state index in [0.29, 0.717) is 28.3 Å². The number of carbonyl (C=O) groups excluding carboxylic acids is 2. The Balaban J connectivity index is 1.37.